The topological polar surface area (TPSA) is 32.3 Å². The number of fused-ring (bicyclic) bond motifs is 1. The normalized spacial score (nSPS) is 20.9. The molecule has 0 aromatic heterocycles. The molecule has 2 rings (SSSR count). The summed E-state index contributed by atoms with van der Waals surface area (Å²) in [6.07, 6.45) is -0.319. The van der Waals surface area contributed by atoms with Crippen LogP contribution in [0.3, 0.4) is 0 Å². The number of rotatable bonds is 0. The third-order valence-electron chi connectivity index (χ3n) is 2.07. The van der Waals surface area contributed by atoms with Crippen molar-refractivity contribution in [3.05, 3.63) is 35.4 Å². The molecule has 0 fully saturated rings. The number of nitrogens with one attached hydrogen (secondary N) is 1. The second-order valence-corrected chi connectivity index (χ2v) is 2.85. The summed E-state index contributed by atoms with van der Waals surface area (Å²) in [6, 6.07) is 8.00. The van der Waals surface area contributed by atoms with Crippen molar-refractivity contribution in [3.8, 4) is 0 Å². The summed E-state index contributed by atoms with van der Waals surface area (Å²) in [5.74, 6) is 0. The number of β-amino-alcohol motifs (C(OH)–C–C–N with tert-alkyl or cyclic N) is 1. The monoisotopic (exact) mass is 185 g/mol. The zero-order valence-electron chi connectivity index (χ0n) is 6.66. The van der Waals surface area contributed by atoms with E-state index in [4.69, 9.17) is 0 Å². The molecule has 0 spiro atoms. The van der Waals surface area contributed by atoms with Crippen LogP contribution in [0.1, 0.15) is 17.2 Å². The summed E-state index contributed by atoms with van der Waals surface area (Å²) < 4.78 is 0. The maximum Gasteiger partial charge on any atom is 0.0917 e. The first-order chi connectivity index (χ1) is 5.38. The minimum absolute atomic E-state index is 0. The molecule has 0 saturated carbocycles. The number of hydrogen-bond acceptors (Lipinski definition) is 2. The Balaban J connectivity index is 0.000000720. The second-order valence-electron chi connectivity index (χ2n) is 2.85. The van der Waals surface area contributed by atoms with Crippen molar-refractivity contribution in [2.24, 2.45) is 0 Å². The van der Waals surface area contributed by atoms with Crippen LogP contribution < -0.4 is 5.32 Å². The molecule has 0 saturated heterocycles. The standard InChI is InChI=1S/C9H11NO.ClH/c11-9-6-10-5-7-3-1-2-4-8(7)9;/h1-4,9-11H,5-6H2;1H. The molecular formula is C9H12ClNO. The van der Waals surface area contributed by atoms with E-state index in [1.54, 1.807) is 0 Å². The van der Waals surface area contributed by atoms with Crippen LogP contribution in [0.2, 0.25) is 0 Å². The molecule has 12 heavy (non-hydrogen) atoms. The van der Waals surface area contributed by atoms with Gasteiger partial charge in [0.05, 0.1) is 6.10 Å². The number of benzene rings is 1. The lowest BCUT2D eigenvalue weighted by atomic mass is 9.99. The van der Waals surface area contributed by atoms with E-state index in [0.717, 1.165) is 12.1 Å². The van der Waals surface area contributed by atoms with Gasteiger partial charge < -0.3 is 10.4 Å². The lowest BCUT2D eigenvalue weighted by Gasteiger charge is -2.21. The molecule has 1 atom stereocenters. The summed E-state index contributed by atoms with van der Waals surface area (Å²) in [5, 5.41) is 12.6. The van der Waals surface area contributed by atoms with Crippen LogP contribution in [0, 0.1) is 0 Å². The molecule has 1 aliphatic heterocycles. The molecule has 1 heterocycles. The smallest absolute Gasteiger partial charge is 0.0917 e. The van der Waals surface area contributed by atoms with Crippen LogP contribution in [0.15, 0.2) is 24.3 Å². The van der Waals surface area contributed by atoms with E-state index in [2.05, 4.69) is 5.32 Å². The molecule has 0 aliphatic carbocycles. The van der Waals surface area contributed by atoms with E-state index in [-0.39, 0.29) is 18.5 Å². The maximum absolute atomic E-state index is 9.50. The molecule has 0 radical (unpaired) electrons. The molecule has 0 bridgehead atoms. The van der Waals surface area contributed by atoms with Crippen LogP contribution in [-0.2, 0) is 6.54 Å². The molecule has 66 valence electrons. The summed E-state index contributed by atoms with van der Waals surface area (Å²) in [5.41, 5.74) is 2.29. The molecule has 3 heteroatoms. The van der Waals surface area contributed by atoms with Crippen LogP contribution in [0.4, 0.5) is 0 Å². The fourth-order valence-electron chi connectivity index (χ4n) is 1.47. The van der Waals surface area contributed by atoms with Crippen molar-refractivity contribution >= 4 is 12.4 Å². The van der Waals surface area contributed by atoms with E-state index < -0.39 is 0 Å². The second kappa shape index (κ2) is 3.90. The highest BCUT2D eigenvalue weighted by Gasteiger charge is 2.15. The van der Waals surface area contributed by atoms with Gasteiger partial charge in [0.1, 0.15) is 0 Å². The van der Waals surface area contributed by atoms with Gasteiger partial charge in [0, 0.05) is 13.1 Å². The summed E-state index contributed by atoms with van der Waals surface area (Å²) in [6.45, 7) is 1.56. The highest BCUT2D eigenvalue weighted by Crippen LogP contribution is 2.20. The maximum atomic E-state index is 9.50. The van der Waals surface area contributed by atoms with Gasteiger partial charge in [-0.05, 0) is 11.1 Å². The van der Waals surface area contributed by atoms with Crippen LogP contribution in [0.5, 0.6) is 0 Å². The highest BCUT2D eigenvalue weighted by atomic mass is 35.5. The minimum atomic E-state index is -0.319. The Bertz CT molecular complexity index is 264. The Hall–Kier alpha value is -0.570. The van der Waals surface area contributed by atoms with Gasteiger partial charge in [0.2, 0.25) is 0 Å². The van der Waals surface area contributed by atoms with Crippen LogP contribution in [0.25, 0.3) is 0 Å². The molecule has 1 aromatic rings. The summed E-state index contributed by atoms with van der Waals surface area (Å²) >= 11 is 0. The lowest BCUT2D eigenvalue weighted by molar-refractivity contribution is 0.165. The molecule has 1 unspecified atom stereocenters. The zero-order chi connectivity index (χ0) is 7.68. The van der Waals surface area contributed by atoms with Crippen LogP contribution >= 0.6 is 12.4 Å². The fraction of sp³-hybridized carbons (Fsp3) is 0.333. The molecular weight excluding hydrogens is 174 g/mol. The quantitative estimate of drug-likeness (QED) is 0.638. The Morgan fingerprint density at radius 3 is 2.83 bits per heavy atom. The number of aliphatic hydroxyl groups is 1. The van der Waals surface area contributed by atoms with Crippen molar-refractivity contribution < 1.29 is 5.11 Å². The number of aliphatic hydroxyl groups excluding tert-OH is 1. The highest BCUT2D eigenvalue weighted by molar-refractivity contribution is 5.85. The van der Waals surface area contributed by atoms with Crippen molar-refractivity contribution in [1.82, 2.24) is 5.32 Å². The van der Waals surface area contributed by atoms with Crippen LogP contribution in [-0.4, -0.2) is 11.7 Å². The fourth-order valence-corrected chi connectivity index (χ4v) is 1.47. The van der Waals surface area contributed by atoms with Crippen molar-refractivity contribution in [2.45, 2.75) is 12.6 Å². The molecule has 1 aromatic carbocycles. The first-order valence-corrected chi connectivity index (χ1v) is 3.84. The third kappa shape index (κ3) is 1.61. The third-order valence-corrected chi connectivity index (χ3v) is 2.07. The summed E-state index contributed by atoms with van der Waals surface area (Å²) in [7, 11) is 0. The molecule has 1 aliphatic rings. The van der Waals surface area contributed by atoms with Gasteiger partial charge in [-0.2, -0.15) is 0 Å². The van der Waals surface area contributed by atoms with Crippen molar-refractivity contribution in [2.75, 3.05) is 6.54 Å². The molecule has 2 N–H and O–H groups in total. The van der Waals surface area contributed by atoms with E-state index in [9.17, 15) is 5.11 Å². The summed E-state index contributed by atoms with van der Waals surface area (Å²) in [4.78, 5) is 0. The Morgan fingerprint density at radius 2 is 2.08 bits per heavy atom. The lowest BCUT2D eigenvalue weighted by Crippen LogP contribution is -2.27. The van der Waals surface area contributed by atoms with Gasteiger partial charge in [-0.25, -0.2) is 0 Å². The average Bonchev–Trinajstić information content (AvgIpc) is 2.06. The predicted molar refractivity (Wildman–Crippen MR) is 50.4 cm³/mol. The van der Waals surface area contributed by atoms with Crippen molar-refractivity contribution in [1.29, 1.82) is 0 Å². The first kappa shape index (κ1) is 9.52. The van der Waals surface area contributed by atoms with Gasteiger partial charge in [0.25, 0.3) is 0 Å². The van der Waals surface area contributed by atoms with Gasteiger partial charge in [-0.15, -0.1) is 12.4 Å². The predicted octanol–water partition coefficient (Wildman–Crippen LogP) is 1.24. The van der Waals surface area contributed by atoms with E-state index in [0.29, 0.717) is 6.54 Å². The number of halogens is 1. The average molecular weight is 186 g/mol. The minimum Gasteiger partial charge on any atom is -0.387 e. The first-order valence-electron chi connectivity index (χ1n) is 3.84. The SMILES string of the molecule is Cl.OC1CNCc2ccccc21. The zero-order valence-corrected chi connectivity index (χ0v) is 7.47. The van der Waals surface area contributed by atoms with E-state index in [1.165, 1.54) is 5.56 Å². The van der Waals surface area contributed by atoms with E-state index >= 15 is 0 Å². The van der Waals surface area contributed by atoms with Gasteiger partial charge in [-0.3, -0.25) is 0 Å². The van der Waals surface area contributed by atoms with Crippen molar-refractivity contribution in [3.63, 3.8) is 0 Å². The Kier molecular flexibility index (Phi) is 3.09. The number of hydrogen-bond donors (Lipinski definition) is 2. The largest absolute Gasteiger partial charge is 0.387 e. The Morgan fingerprint density at radius 1 is 1.33 bits per heavy atom. The molecule has 2 nitrogen and oxygen atoms in total. The van der Waals surface area contributed by atoms with Gasteiger partial charge in [-0.1, -0.05) is 24.3 Å². The van der Waals surface area contributed by atoms with Gasteiger partial charge in [0.15, 0.2) is 0 Å². The Labute approximate surface area is 78.0 Å². The van der Waals surface area contributed by atoms with E-state index in [1.807, 2.05) is 24.3 Å². The van der Waals surface area contributed by atoms with Gasteiger partial charge >= 0.3 is 0 Å². The molecule has 0 amide bonds.